The van der Waals surface area contributed by atoms with E-state index in [4.69, 9.17) is 15.2 Å². The zero-order valence-electron chi connectivity index (χ0n) is 15.6. The fourth-order valence-electron chi connectivity index (χ4n) is 2.70. The summed E-state index contributed by atoms with van der Waals surface area (Å²) in [5.74, 6) is 1.61. The van der Waals surface area contributed by atoms with E-state index in [1.807, 2.05) is 49.8 Å². The predicted octanol–water partition coefficient (Wildman–Crippen LogP) is 3.03. The van der Waals surface area contributed by atoms with Gasteiger partial charge in [-0.15, -0.1) is 0 Å². The Morgan fingerprint density at radius 3 is 2.63 bits per heavy atom. The predicted molar refractivity (Wildman–Crippen MR) is 107 cm³/mol. The van der Waals surface area contributed by atoms with Crippen molar-refractivity contribution in [1.82, 2.24) is 9.78 Å². The van der Waals surface area contributed by atoms with Crippen LogP contribution in [0.2, 0.25) is 0 Å². The Balaban J connectivity index is 1.69. The van der Waals surface area contributed by atoms with E-state index in [9.17, 15) is 0 Å². The first-order valence-electron chi connectivity index (χ1n) is 8.46. The zero-order chi connectivity index (χ0) is 19.2. The monoisotopic (exact) mass is 365 g/mol. The number of nitrogens with zero attached hydrogens (tertiary/aromatic N) is 3. The number of anilines is 1. The number of rotatable bonds is 6. The number of aromatic nitrogens is 2. The van der Waals surface area contributed by atoms with Crippen LogP contribution in [-0.2, 0) is 13.6 Å². The Hall–Kier alpha value is -3.48. The summed E-state index contributed by atoms with van der Waals surface area (Å²) in [4.78, 5) is 4.42. The van der Waals surface area contributed by atoms with Crippen LogP contribution in [0, 0.1) is 0 Å². The lowest BCUT2D eigenvalue weighted by Gasteiger charge is -2.11. The lowest BCUT2D eigenvalue weighted by atomic mass is 10.1. The third kappa shape index (κ3) is 4.58. The van der Waals surface area contributed by atoms with Gasteiger partial charge in [-0.25, -0.2) is 4.99 Å². The topological polar surface area (TPSA) is 86.7 Å². The van der Waals surface area contributed by atoms with E-state index in [1.165, 1.54) is 0 Å². The van der Waals surface area contributed by atoms with Crippen LogP contribution in [0.1, 0.15) is 5.56 Å². The molecule has 0 saturated heterocycles. The first-order valence-corrected chi connectivity index (χ1v) is 8.46. The molecule has 7 nitrogen and oxygen atoms in total. The van der Waals surface area contributed by atoms with Crippen LogP contribution in [0.15, 0.2) is 59.9 Å². The van der Waals surface area contributed by atoms with Gasteiger partial charge >= 0.3 is 0 Å². The fourth-order valence-corrected chi connectivity index (χ4v) is 2.70. The van der Waals surface area contributed by atoms with Gasteiger partial charge in [-0.3, -0.25) is 4.68 Å². The van der Waals surface area contributed by atoms with Crippen molar-refractivity contribution < 1.29 is 9.47 Å². The molecule has 0 radical (unpaired) electrons. The van der Waals surface area contributed by atoms with Crippen LogP contribution in [0.4, 0.5) is 5.69 Å². The normalized spacial score (nSPS) is 11.3. The maximum absolute atomic E-state index is 6.02. The molecule has 0 unspecified atom stereocenters. The van der Waals surface area contributed by atoms with Crippen LogP contribution in [0.5, 0.6) is 11.5 Å². The molecule has 0 spiro atoms. The molecule has 0 amide bonds. The van der Waals surface area contributed by atoms with E-state index >= 15 is 0 Å². The largest absolute Gasteiger partial charge is 0.493 e. The van der Waals surface area contributed by atoms with Gasteiger partial charge in [-0.2, -0.15) is 5.10 Å². The van der Waals surface area contributed by atoms with Crippen molar-refractivity contribution >= 4 is 11.6 Å². The van der Waals surface area contributed by atoms with E-state index < -0.39 is 0 Å². The van der Waals surface area contributed by atoms with Crippen molar-refractivity contribution in [2.75, 3.05) is 19.5 Å². The number of benzene rings is 2. The summed E-state index contributed by atoms with van der Waals surface area (Å²) in [6.45, 7) is 0.472. The molecule has 0 saturated carbocycles. The fraction of sp³-hybridized carbons (Fsp3) is 0.200. The summed E-state index contributed by atoms with van der Waals surface area (Å²) in [5.41, 5.74) is 10.0. The number of aryl methyl sites for hydroxylation is 1. The SMILES string of the molecule is COc1ccc(NC(N)=NCc2cccc(-c3cnn(C)c3)c2)cc1OC. The second-order valence-corrected chi connectivity index (χ2v) is 6.00. The van der Waals surface area contributed by atoms with E-state index in [-0.39, 0.29) is 0 Å². The van der Waals surface area contributed by atoms with Crippen LogP contribution < -0.4 is 20.5 Å². The Morgan fingerprint density at radius 2 is 1.93 bits per heavy atom. The minimum absolute atomic E-state index is 0.328. The number of ether oxygens (including phenoxy) is 2. The van der Waals surface area contributed by atoms with E-state index in [2.05, 4.69) is 27.5 Å². The second kappa shape index (κ2) is 8.27. The number of nitrogens with one attached hydrogen (secondary N) is 1. The second-order valence-electron chi connectivity index (χ2n) is 6.00. The average Bonchev–Trinajstić information content (AvgIpc) is 3.13. The molecular formula is C20H23N5O2. The highest BCUT2D eigenvalue weighted by molar-refractivity contribution is 5.92. The van der Waals surface area contributed by atoms with E-state index in [1.54, 1.807) is 18.9 Å². The van der Waals surface area contributed by atoms with Crippen molar-refractivity contribution in [2.24, 2.45) is 17.8 Å². The lowest BCUT2D eigenvalue weighted by Crippen LogP contribution is -2.22. The lowest BCUT2D eigenvalue weighted by molar-refractivity contribution is 0.355. The smallest absolute Gasteiger partial charge is 0.193 e. The number of nitrogens with two attached hydrogens (primary N) is 1. The molecule has 0 aliphatic rings. The summed E-state index contributed by atoms with van der Waals surface area (Å²) in [7, 11) is 5.09. The maximum atomic E-state index is 6.02. The number of guanidine groups is 1. The Bertz CT molecular complexity index is 949. The van der Waals surface area contributed by atoms with Gasteiger partial charge in [0.15, 0.2) is 17.5 Å². The van der Waals surface area contributed by atoms with Gasteiger partial charge in [-0.1, -0.05) is 18.2 Å². The average molecular weight is 365 g/mol. The highest BCUT2D eigenvalue weighted by Crippen LogP contribution is 2.29. The number of hydrogen-bond donors (Lipinski definition) is 2. The van der Waals surface area contributed by atoms with Crippen LogP contribution >= 0.6 is 0 Å². The number of aliphatic imine (C=N–C) groups is 1. The van der Waals surface area contributed by atoms with Crippen LogP contribution in [0.3, 0.4) is 0 Å². The van der Waals surface area contributed by atoms with Crippen LogP contribution in [-0.4, -0.2) is 30.0 Å². The third-order valence-electron chi connectivity index (χ3n) is 4.05. The summed E-state index contributed by atoms with van der Waals surface area (Å²) in [6, 6.07) is 13.6. The first kappa shape index (κ1) is 18.3. The molecule has 140 valence electrons. The minimum Gasteiger partial charge on any atom is -0.493 e. The zero-order valence-corrected chi connectivity index (χ0v) is 15.6. The van der Waals surface area contributed by atoms with Gasteiger partial charge in [0.05, 0.1) is 27.0 Å². The van der Waals surface area contributed by atoms with Gasteiger partial charge in [0.1, 0.15) is 0 Å². The molecule has 0 fully saturated rings. The Morgan fingerprint density at radius 1 is 1.11 bits per heavy atom. The Labute approximate surface area is 158 Å². The van der Waals surface area contributed by atoms with Gasteiger partial charge in [0.2, 0.25) is 0 Å². The Kier molecular flexibility index (Phi) is 5.61. The van der Waals surface area contributed by atoms with Gasteiger partial charge < -0.3 is 20.5 Å². The van der Waals surface area contributed by atoms with E-state index in [0.717, 1.165) is 22.4 Å². The quantitative estimate of drug-likeness (QED) is 0.518. The van der Waals surface area contributed by atoms with Crippen molar-refractivity contribution in [3.63, 3.8) is 0 Å². The van der Waals surface area contributed by atoms with Gasteiger partial charge in [0.25, 0.3) is 0 Å². The minimum atomic E-state index is 0.328. The van der Waals surface area contributed by atoms with Crippen molar-refractivity contribution in [2.45, 2.75) is 6.54 Å². The molecule has 7 heteroatoms. The molecule has 0 aliphatic heterocycles. The highest BCUT2D eigenvalue weighted by Gasteiger charge is 2.05. The van der Waals surface area contributed by atoms with Crippen molar-refractivity contribution in [1.29, 1.82) is 0 Å². The standard InChI is InChI=1S/C20H23N5O2/c1-25-13-16(12-23-25)15-6-4-5-14(9-15)11-22-20(21)24-17-7-8-18(26-2)19(10-17)27-3/h4-10,12-13H,11H2,1-3H3,(H3,21,22,24). The van der Waals surface area contributed by atoms with Gasteiger partial charge in [-0.05, 0) is 29.3 Å². The summed E-state index contributed by atoms with van der Waals surface area (Å²) in [5, 5.41) is 7.28. The molecule has 3 aromatic rings. The highest BCUT2D eigenvalue weighted by atomic mass is 16.5. The van der Waals surface area contributed by atoms with Crippen LogP contribution in [0.25, 0.3) is 11.1 Å². The molecule has 1 aromatic heterocycles. The summed E-state index contributed by atoms with van der Waals surface area (Å²) in [6.07, 6.45) is 3.82. The van der Waals surface area contributed by atoms with Crippen molar-refractivity contribution in [3.05, 3.63) is 60.4 Å². The first-order chi connectivity index (χ1) is 13.1. The maximum Gasteiger partial charge on any atom is 0.193 e. The molecule has 0 atom stereocenters. The summed E-state index contributed by atoms with van der Waals surface area (Å²) >= 11 is 0. The number of hydrogen-bond acceptors (Lipinski definition) is 4. The van der Waals surface area contributed by atoms with E-state index in [0.29, 0.717) is 24.0 Å². The third-order valence-corrected chi connectivity index (χ3v) is 4.05. The summed E-state index contributed by atoms with van der Waals surface area (Å²) < 4.78 is 12.3. The molecule has 2 aromatic carbocycles. The van der Waals surface area contributed by atoms with Crippen molar-refractivity contribution in [3.8, 4) is 22.6 Å². The molecule has 0 aliphatic carbocycles. The molecular weight excluding hydrogens is 342 g/mol. The molecule has 1 heterocycles. The molecule has 0 bridgehead atoms. The number of methoxy groups -OCH3 is 2. The molecule has 27 heavy (non-hydrogen) atoms. The van der Waals surface area contributed by atoms with Gasteiger partial charge in [0, 0.05) is 30.6 Å². The molecule has 3 N–H and O–H groups in total. The molecule has 3 rings (SSSR count).